The Hall–Kier alpha value is -0.658. The molecule has 0 aliphatic carbocycles. The van der Waals surface area contributed by atoms with Crippen molar-refractivity contribution in [3.05, 3.63) is 85.2 Å². The molecule has 0 radical (unpaired) electrons. The summed E-state index contributed by atoms with van der Waals surface area (Å²) in [5.74, 6) is 6.12. The van der Waals surface area contributed by atoms with Crippen LogP contribution in [0.5, 0.6) is 0 Å². The van der Waals surface area contributed by atoms with Crippen LogP contribution in [0.4, 0.5) is 4.39 Å². The Bertz CT molecular complexity index is 1020. The molecular formula is C24H29CsFN3O4S. The van der Waals surface area contributed by atoms with E-state index in [0.29, 0.717) is 11.4 Å². The molecule has 1 aromatic heterocycles. The first-order valence-electron chi connectivity index (χ1n) is 9.81. The van der Waals surface area contributed by atoms with Gasteiger partial charge in [-0.1, -0.05) is 36.6 Å². The zero-order valence-corrected chi connectivity index (χ0v) is 26.8. The number of nitrogens with zero attached hydrogens (tertiary/aromatic N) is 2. The smallest absolute Gasteiger partial charge is 0.393 e. The van der Waals surface area contributed by atoms with E-state index >= 15 is 0 Å². The van der Waals surface area contributed by atoms with Gasteiger partial charge in [-0.25, -0.2) is 15.4 Å². The number of imidazole rings is 1. The molecule has 5 N–H and O–H groups in total. The van der Waals surface area contributed by atoms with Crippen molar-refractivity contribution in [1.82, 2.24) is 9.55 Å². The van der Waals surface area contributed by atoms with Gasteiger partial charge in [0.2, 0.25) is 0 Å². The van der Waals surface area contributed by atoms with Crippen molar-refractivity contribution < 1.29 is 99.1 Å². The zero-order chi connectivity index (χ0) is 24.8. The van der Waals surface area contributed by atoms with Crippen LogP contribution < -0.4 is 74.1 Å². The maximum atomic E-state index is 13.8. The fraction of sp³-hybridized carbons (Fsp3) is 0.250. The molecule has 0 aliphatic heterocycles. The summed E-state index contributed by atoms with van der Waals surface area (Å²) in [6.45, 7) is 1.41. The van der Waals surface area contributed by atoms with Gasteiger partial charge in [0.25, 0.3) is 0 Å². The zero-order valence-electron chi connectivity index (χ0n) is 19.7. The van der Waals surface area contributed by atoms with Crippen molar-refractivity contribution in [2.24, 2.45) is 0 Å². The number of rotatable bonds is 4. The second kappa shape index (κ2) is 18.6. The van der Waals surface area contributed by atoms with Crippen molar-refractivity contribution in [3.8, 4) is 23.0 Å². The summed E-state index contributed by atoms with van der Waals surface area (Å²) >= 11 is 1.75. The summed E-state index contributed by atoms with van der Waals surface area (Å²) in [7, 11) is 2.67. The fourth-order valence-electron chi connectivity index (χ4n) is 2.66. The number of aromatic nitrogens is 2. The van der Waals surface area contributed by atoms with Gasteiger partial charge in [0.1, 0.15) is 18.0 Å². The van der Waals surface area contributed by atoms with E-state index < -0.39 is 17.4 Å². The van der Waals surface area contributed by atoms with Gasteiger partial charge in [0, 0.05) is 23.8 Å². The number of quaternary nitrogens is 1. The molecule has 0 bridgehead atoms. The standard InChI is InChI=1S/C21H18FN2O2.C2H6S.CH5NO2.Cs/c1-15(26)21-23-12-13-24(21)18(14-25)11-8-16-6-9-17(10-7-16)19-4-2-3-5-20(19)22;1-3-2;1-2(3)4;/h2,4-7,9-10,12-13,15,18,25-26H,14H2,1H3;1-2H3;2-4H,1H2;/q-1;;;+1/t15-,18?;;;/m0.../s1. The molecule has 34 heavy (non-hydrogen) atoms. The van der Waals surface area contributed by atoms with Crippen molar-refractivity contribution in [2.75, 3.05) is 19.1 Å². The Kier molecular flexibility index (Phi) is 18.2. The number of aliphatic hydroxyl groups excluding tert-OH is 2. The molecule has 0 amide bonds. The van der Waals surface area contributed by atoms with Crippen LogP contribution in [0.2, 0.25) is 0 Å². The second-order valence-corrected chi connectivity index (χ2v) is 7.46. The number of hydrogen-bond donors (Lipinski definition) is 5. The number of benzene rings is 2. The number of thioether (sulfide) groups is 1. The van der Waals surface area contributed by atoms with Crippen LogP contribution >= 0.6 is 11.8 Å². The average molecular weight is 607 g/mol. The summed E-state index contributed by atoms with van der Waals surface area (Å²) in [5, 5.41) is 33.4. The topological polar surface area (TPSA) is 103 Å². The van der Waals surface area contributed by atoms with E-state index in [4.69, 9.17) is 10.4 Å². The molecule has 10 heteroatoms. The van der Waals surface area contributed by atoms with Gasteiger partial charge in [0.15, 0.2) is 0 Å². The summed E-state index contributed by atoms with van der Waals surface area (Å²) in [6, 6.07) is 14.0. The minimum atomic E-state index is -0.833. The third-order valence-corrected chi connectivity index (χ3v) is 3.97. The number of halogens is 1. The predicted octanol–water partition coefficient (Wildman–Crippen LogP) is -0.448. The third-order valence-electron chi connectivity index (χ3n) is 3.97. The van der Waals surface area contributed by atoms with E-state index in [9.17, 15) is 14.6 Å². The second-order valence-electron chi connectivity index (χ2n) is 6.64. The van der Waals surface area contributed by atoms with Crippen molar-refractivity contribution >= 4 is 11.8 Å². The SMILES string of the molecule is CSC.C[C@H](O)c1nccn1C(C#Cc1ccc(-c2cc[c-]cc2F)cc1)CO.[CH2-][NH+](O)O.[Cs+]. The Labute approximate surface area is 263 Å². The van der Waals surface area contributed by atoms with Crippen LogP contribution in [0.1, 0.15) is 30.5 Å². The van der Waals surface area contributed by atoms with Gasteiger partial charge in [-0.2, -0.15) is 35.2 Å². The van der Waals surface area contributed by atoms with Gasteiger partial charge in [-0.15, -0.1) is 6.07 Å². The number of nitrogens with one attached hydrogen (secondary N) is 1. The van der Waals surface area contributed by atoms with Gasteiger partial charge in [-0.05, 0) is 37.1 Å². The summed E-state index contributed by atoms with van der Waals surface area (Å²) in [5.41, 5.74) is 2.01. The number of aliphatic hydroxyl groups is 2. The molecule has 1 unspecified atom stereocenters. The monoisotopic (exact) mass is 607 g/mol. The quantitative estimate of drug-likeness (QED) is 0.157. The molecule has 0 saturated carbocycles. The number of hydrogen-bond acceptors (Lipinski definition) is 6. The molecule has 178 valence electrons. The molecule has 0 fully saturated rings. The molecule has 7 nitrogen and oxygen atoms in total. The maximum Gasteiger partial charge on any atom is 1.00 e. The molecule has 2 atom stereocenters. The van der Waals surface area contributed by atoms with Gasteiger partial charge >= 0.3 is 68.9 Å². The molecular weight excluding hydrogens is 578 g/mol. The predicted molar refractivity (Wildman–Crippen MR) is 126 cm³/mol. The molecule has 3 rings (SSSR count). The van der Waals surface area contributed by atoms with Gasteiger partial charge in [-0.3, -0.25) is 4.39 Å². The van der Waals surface area contributed by atoms with E-state index in [1.165, 1.54) is 6.07 Å². The third kappa shape index (κ3) is 11.9. The summed E-state index contributed by atoms with van der Waals surface area (Å²) in [6.07, 6.45) is 6.57. The van der Waals surface area contributed by atoms with Gasteiger partial charge in [0.05, 0.1) is 6.61 Å². The van der Waals surface area contributed by atoms with E-state index in [1.807, 2.05) is 12.5 Å². The van der Waals surface area contributed by atoms with Crippen molar-refractivity contribution in [3.63, 3.8) is 0 Å². The molecule has 0 spiro atoms. The Morgan fingerprint density at radius 1 is 1.24 bits per heavy atom. The first-order valence-corrected chi connectivity index (χ1v) is 11.4. The van der Waals surface area contributed by atoms with Crippen LogP contribution in [0, 0.1) is 30.8 Å². The first kappa shape index (κ1) is 33.3. The van der Waals surface area contributed by atoms with E-state index in [1.54, 1.807) is 72.0 Å². The molecule has 0 saturated heterocycles. The Morgan fingerprint density at radius 3 is 2.32 bits per heavy atom. The number of hydroxylamine groups is 2. The van der Waals surface area contributed by atoms with E-state index in [0.717, 1.165) is 11.1 Å². The van der Waals surface area contributed by atoms with E-state index in [2.05, 4.69) is 29.9 Å². The Balaban J connectivity index is 0.00000121. The van der Waals surface area contributed by atoms with Crippen LogP contribution in [0.25, 0.3) is 11.1 Å². The van der Waals surface area contributed by atoms with Crippen molar-refractivity contribution in [1.29, 1.82) is 0 Å². The van der Waals surface area contributed by atoms with Crippen molar-refractivity contribution in [2.45, 2.75) is 19.1 Å². The fourth-order valence-corrected chi connectivity index (χ4v) is 2.66. The van der Waals surface area contributed by atoms with Crippen LogP contribution in [0.3, 0.4) is 0 Å². The van der Waals surface area contributed by atoms with E-state index in [-0.39, 0.29) is 81.3 Å². The van der Waals surface area contributed by atoms with Crippen LogP contribution in [0.15, 0.2) is 54.9 Å². The minimum Gasteiger partial charge on any atom is -0.393 e. The van der Waals surface area contributed by atoms with Gasteiger partial charge < -0.3 is 14.8 Å². The minimum absolute atomic E-state index is 0. The maximum absolute atomic E-state index is 13.8. The van der Waals surface area contributed by atoms with Crippen LogP contribution in [-0.4, -0.2) is 49.3 Å². The molecule has 3 aromatic rings. The molecule has 1 heterocycles. The first-order chi connectivity index (χ1) is 15.7. The summed E-state index contributed by atoms with van der Waals surface area (Å²) < 4.78 is 15.5. The Morgan fingerprint density at radius 2 is 1.82 bits per heavy atom. The average Bonchev–Trinajstić information content (AvgIpc) is 3.25. The van der Waals surface area contributed by atoms with Crippen LogP contribution in [-0.2, 0) is 0 Å². The molecule has 2 aromatic carbocycles. The summed E-state index contributed by atoms with van der Waals surface area (Å²) in [4.78, 5) is 4.09. The largest absolute Gasteiger partial charge is 1.00 e. The normalized spacial score (nSPS) is 11.5. The molecule has 0 aliphatic rings.